The Bertz CT molecular complexity index is 780. The molecule has 1 unspecified atom stereocenters. The Morgan fingerprint density at radius 1 is 1.23 bits per heavy atom. The zero-order valence-corrected chi connectivity index (χ0v) is 14.9. The molecule has 2 aromatic rings. The summed E-state index contributed by atoms with van der Waals surface area (Å²) in [7, 11) is 1.31. The molecule has 5 nitrogen and oxygen atoms in total. The summed E-state index contributed by atoms with van der Waals surface area (Å²) in [6, 6.07) is 9.76. The number of ether oxygens (including phenoxy) is 1. The van der Waals surface area contributed by atoms with Crippen molar-refractivity contribution in [3.63, 3.8) is 0 Å². The molecule has 0 aliphatic carbocycles. The van der Waals surface area contributed by atoms with E-state index in [0.717, 1.165) is 11.6 Å². The number of carboxylic acids is 1. The SMILES string of the molecule is COc1ccc(C(NC(=O)CCCc2ccc(Cl)cc2)C(=O)O)cc1F. The first-order valence-corrected chi connectivity index (χ1v) is 8.38. The average molecular weight is 380 g/mol. The fourth-order valence-corrected chi connectivity index (χ4v) is 2.61. The monoisotopic (exact) mass is 379 g/mol. The first-order valence-electron chi connectivity index (χ1n) is 8.00. The van der Waals surface area contributed by atoms with Crippen molar-refractivity contribution in [2.75, 3.05) is 7.11 Å². The van der Waals surface area contributed by atoms with Crippen LogP contribution in [-0.4, -0.2) is 24.1 Å². The van der Waals surface area contributed by atoms with Crippen LogP contribution in [0.2, 0.25) is 5.02 Å². The number of aryl methyl sites for hydroxylation is 1. The maximum atomic E-state index is 13.8. The number of benzene rings is 2. The lowest BCUT2D eigenvalue weighted by atomic mass is 10.1. The van der Waals surface area contributed by atoms with Gasteiger partial charge in [-0.05, 0) is 48.2 Å². The lowest BCUT2D eigenvalue weighted by Crippen LogP contribution is -2.33. The van der Waals surface area contributed by atoms with Crippen molar-refractivity contribution in [2.24, 2.45) is 0 Å². The van der Waals surface area contributed by atoms with Gasteiger partial charge in [-0.1, -0.05) is 29.8 Å². The van der Waals surface area contributed by atoms with Crippen LogP contribution in [-0.2, 0) is 16.0 Å². The van der Waals surface area contributed by atoms with Gasteiger partial charge in [-0.25, -0.2) is 9.18 Å². The molecule has 0 aliphatic rings. The standard InChI is InChI=1S/C19H19ClFNO4/c1-26-16-10-7-13(11-15(16)21)18(19(24)25)22-17(23)4-2-3-12-5-8-14(20)9-6-12/h5-11,18H,2-4H2,1H3,(H,22,23)(H,24,25). The summed E-state index contributed by atoms with van der Waals surface area (Å²) in [5, 5.41) is 12.4. The van der Waals surface area contributed by atoms with Gasteiger partial charge in [0.2, 0.25) is 5.91 Å². The van der Waals surface area contributed by atoms with E-state index in [4.69, 9.17) is 16.3 Å². The van der Waals surface area contributed by atoms with E-state index in [9.17, 15) is 19.1 Å². The molecule has 26 heavy (non-hydrogen) atoms. The number of carbonyl (C=O) groups is 2. The van der Waals surface area contributed by atoms with Crippen molar-refractivity contribution >= 4 is 23.5 Å². The lowest BCUT2D eigenvalue weighted by Gasteiger charge is -2.16. The normalized spacial score (nSPS) is 11.7. The van der Waals surface area contributed by atoms with Crippen LogP contribution in [0.4, 0.5) is 4.39 Å². The maximum Gasteiger partial charge on any atom is 0.330 e. The van der Waals surface area contributed by atoms with Gasteiger partial charge >= 0.3 is 5.97 Å². The number of rotatable bonds is 8. The van der Waals surface area contributed by atoms with E-state index in [2.05, 4.69) is 5.32 Å². The molecule has 0 saturated heterocycles. The van der Waals surface area contributed by atoms with Crippen LogP contribution >= 0.6 is 11.6 Å². The third kappa shape index (κ3) is 5.46. The molecule has 2 aromatic carbocycles. The number of hydrogen-bond donors (Lipinski definition) is 2. The minimum Gasteiger partial charge on any atom is -0.494 e. The molecule has 7 heteroatoms. The van der Waals surface area contributed by atoms with Crippen molar-refractivity contribution in [3.05, 3.63) is 64.4 Å². The molecule has 138 valence electrons. The van der Waals surface area contributed by atoms with Gasteiger partial charge in [-0.2, -0.15) is 0 Å². The van der Waals surface area contributed by atoms with Gasteiger partial charge in [0, 0.05) is 11.4 Å². The van der Waals surface area contributed by atoms with Crippen LogP contribution in [0.1, 0.15) is 30.0 Å². The largest absolute Gasteiger partial charge is 0.494 e. The number of amides is 1. The minimum absolute atomic E-state index is 0.00665. The van der Waals surface area contributed by atoms with Gasteiger partial charge in [-0.3, -0.25) is 4.79 Å². The van der Waals surface area contributed by atoms with E-state index in [0.29, 0.717) is 17.9 Å². The summed E-state index contributed by atoms with van der Waals surface area (Å²) in [5.41, 5.74) is 1.18. The number of methoxy groups -OCH3 is 1. The summed E-state index contributed by atoms with van der Waals surface area (Å²) < 4.78 is 18.6. The number of nitrogens with one attached hydrogen (secondary N) is 1. The molecule has 2 N–H and O–H groups in total. The highest BCUT2D eigenvalue weighted by atomic mass is 35.5. The Labute approximate surface area is 155 Å². The second-order valence-corrected chi connectivity index (χ2v) is 6.15. The first kappa shape index (κ1) is 19.7. The molecule has 0 aromatic heterocycles. The topological polar surface area (TPSA) is 75.6 Å². The Hall–Kier alpha value is -2.60. The summed E-state index contributed by atoms with van der Waals surface area (Å²) in [6.45, 7) is 0. The zero-order valence-electron chi connectivity index (χ0n) is 14.2. The molecular formula is C19H19ClFNO4. The molecule has 0 heterocycles. The fourth-order valence-electron chi connectivity index (χ4n) is 2.49. The molecule has 0 fully saturated rings. The second kappa shape index (κ2) is 9.20. The summed E-state index contributed by atoms with van der Waals surface area (Å²) in [4.78, 5) is 23.5. The number of carbonyl (C=O) groups excluding carboxylic acids is 1. The molecule has 2 rings (SSSR count). The molecule has 0 spiro atoms. The maximum absolute atomic E-state index is 13.8. The zero-order chi connectivity index (χ0) is 19.1. The smallest absolute Gasteiger partial charge is 0.330 e. The quantitative estimate of drug-likeness (QED) is 0.732. The van der Waals surface area contributed by atoms with E-state index in [1.165, 1.54) is 19.2 Å². The molecule has 1 amide bonds. The van der Waals surface area contributed by atoms with Crippen molar-refractivity contribution in [1.29, 1.82) is 0 Å². The number of halogens is 2. The van der Waals surface area contributed by atoms with Crippen molar-refractivity contribution < 1.29 is 23.8 Å². The van der Waals surface area contributed by atoms with E-state index < -0.39 is 23.7 Å². The van der Waals surface area contributed by atoms with Crippen LogP contribution < -0.4 is 10.1 Å². The fraction of sp³-hybridized carbons (Fsp3) is 0.263. The van der Waals surface area contributed by atoms with Crippen molar-refractivity contribution in [2.45, 2.75) is 25.3 Å². The van der Waals surface area contributed by atoms with Gasteiger partial charge in [0.15, 0.2) is 17.6 Å². The summed E-state index contributed by atoms with van der Waals surface area (Å²) in [5.74, 6) is -2.36. The highest BCUT2D eigenvalue weighted by Crippen LogP contribution is 2.22. The lowest BCUT2D eigenvalue weighted by molar-refractivity contribution is -0.142. The van der Waals surface area contributed by atoms with Crippen molar-refractivity contribution in [1.82, 2.24) is 5.32 Å². The molecule has 1 atom stereocenters. The Balaban J connectivity index is 1.94. The molecule has 0 aliphatic heterocycles. The van der Waals surface area contributed by atoms with E-state index in [1.54, 1.807) is 12.1 Å². The second-order valence-electron chi connectivity index (χ2n) is 5.71. The minimum atomic E-state index is -1.32. The first-order chi connectivity index (χ1) is 12.4. The predicted octanol–water partition coefficient (Wildman–Crippen LogP) is 3.75. The molecule has 0 saturated carbocycles. The third-order valence-electron chi connectivity index (χ3n) is 3.84. The van der Waals surface area contributed by atoms with Crippen LogP contribution in [0, 0.1) is 5.82 Å². The number of hydrogen-bond acceptors (Lipinski definition) is 3. The van der Waals surface area contributed by atoms with Gasteiger partial charge in [0.05, 0.1) is 7.11 Å². The number of aliphatic carboxylic acids is 1. The molecule has 0 radical (unpaired) electrons. The summed E-state index contributed by atoms with van der Waals surface area (Å²) in [6.07, 6.45) is 1.38. The predicted molar refractivity (Wildman–Crippen MR) is 95.9 cm³/mol. The van der Waals surface area contributed by atoms with E-state index in [1.807, 2.05) is 12.1 Å². The highest BCUT2D eigenvalue weighted by Gasteiger charge is 2.23. The Morgan fingerprint density at radius 2 is 1.92 bits per heavy atom. The number of carboxylic acid groups (broad SMARTS) is 1. The van der Waals surface area contributed by atoms with Gasteiger partial charge < -0.3 is 15.2 Å². The van der Waals surface area contributed by atoms with Crippen LogP contribution in [0.15, 0.2) is 42.5 Å². The van der Waals surface area contributed by atoms with Crippen LogP contribution in [0.3, 0.4) is 0 Å². The van der Waals surface area contributed by atoms with Crippen molar-refractivity contribution in [3.8, 4) is 5.75 Å². The Kier molecular flexibility index (Phi) is 6.97. The van der Waals surface area contributed by atoms with Gasteiger partial charge in [0.1, 0.15) is 0 Å². The van der Waals surface area contributed by atoms with Crippen LogP contribution in [0.5, 0.6) is 5.75 Å². The average Bonchev–Trinajstić information content (AvgIpc) is 2.61. The van der Waals surface area contributed by atoms with Gasteiger partial charge in [-0.15, -0.1) is 0 Å². The third-order valence-corrected chi connectivity index (χ3v) is 4.10. The molecule has 0 bridgehead atoms. The van der Waals surface area contributed by atoms with Gasteiger partial charge in [0.25, 0.3) is 0 Å². The molecular weight excluding hydrogens is 361 g/mol. The highest BCUT2D eigenvalue weighted by molar-refractivity contribution is 6.30. The van der Waals surface area contributed by atoms with E-state index >= 15 is 0 Å². The van der Waals surface area contributed by atoms with Crippen LogP contribution in [0.25, 0.3) is 0 Å². The van der Waals surface area contributed by atoms with E-state index in [-0.39, 0.29) is 17.7 Å². The Morgan fingerprint density at radius 3 is 2.50 bits per heavy atom. The summed E-state index contributed by atoms with van der Waals surface area (Å²) >= 11 is 5.82.